The zero-order valence-corrected chi connectivity index (χ0v) is 11.0. The molecule has 96 valence electrons. The molecule has 0 bridgehead atoms. The summed E-state index contributed by atoms with van der Waals surface area (Å²) in [7, 11) is 1.93. The summed E-state index contributed by atoms with van der Waals surface area (Å²) in [6, 6.07) is 5.14. The second-order valence-electron chi connectivity index (χ2n) is 4.63. The number of nitrogens with two attached hydrogens (primary N) is 1. The molecule has 1 aromatic carbocycles. The van der Waals surface area contributed by atoms with Gasteiger partial charge in [-0.25, -0.2) is 4.39 Å². The highest BCUT2D eigenvalue weighted by Crippen LogP contribution is 2.22. The lowest BCUT2D eigenvalue weighted by molar-refractivity contribution is 0.612. The summed E-state index contributed by atoms with van der Waals surface area (Å²) in [5, 5.41) is 0. The van der Waals surface area contributed by atoms with E-state index >= 15 is 0 Å². The van der Waals surface area contributed by atoms with Crippen molar-refractivity contribution in [2.75, 3.05) is 18.5 Å². The molecule has 1 atom stereocenters. The van der Waals surface area contributed by atoms with Crippen LogP contribution in [0.3, 0.4) is 0 Å². The van der Waals surface area contributed by atoms with Crippen molar-refractivity contribution >= 4 is 5.69 Å². The molecule has 0 heterocycles. The normalized spacial score (nSPS) is 12.5. The molecule has 0 aromatic heterocycles. The maximum Gasteiger partial charge on any atom is 0.146 e. The summed E-state index contributed by atoms with van der Waals surface area (Å²) in [4.78, 5) is 1.97. The van der Waals surface area contributed by atoms with Crippen LogP contribution in [0.4, 0.5) is 10.1 Å². The van der Waals surface area contributed by atoms with Gasteiger partial charge in [0.15, 0.2) is 0 Å². The molecule has 0 saturated heterocycles. The second-order valence-corrected chi connectivity index (χ2v) is 4.63. The SMILES string of the molecule is CCCCCN(C)c1ccc(C(C)N)cc1F. The van der Waals surface area contributed by atoms with E-state index in [9.17, 15) is 4.39 Å². The highest BCUT2D eigenvalue weighted by molar-refractivity contribution is 5.48. The van der Waals surface area contributed by atoms with Crippen LogP contribution in [-0.4, -0.2) is 13.6 Å². The highest BCUT2D eigenvalue weighted by Gasteiger charge is 2.09. The van der Waals surface area contributed by atoms with Gasteiger partial charge in [0, 0.05) is 19.6 Å². The van der Waals surface area contributed by atoms with Crippen LogP contribution in [0.25, 0.3) is 0 Å². The molecular formula is C14H23FN2. The van der Waals surface area contributed by atoms with Crippen LogP contribution < -0.4 is 10.6 Å². The monoisotopic (exact) mass is 238 g/mol. The molecule has 0 amide bonds. The molecule has 17 heavy (non-hydrogen) atoms. The van der Waals surface area contributed by atoms with Crippen molar-refractivity contribution in [2.45, 2.75) is 39.2 Å². The summed E-state index contributed by atoms with van der Waals surface area (Å²) in [5.41, 5.74) is 7.23. The number of anilines is 1. The lowest BCUT2D eigenvalue weighted by atomic mass is 10.1. The molecule has 1 unspecified atom stereocenters. The van der Waals surface area contributed by atoms with E-state index in [4.69, 9.17) is 5.73 Å². The van der Waals surface area contributed by atoms with Crippen LogP contribution in [-0.2, 0) is 0 Å². The maximum atomic E-state index is 13.9. The van der Waals surface area contributed by atoms with Gasteiger partial charge in [-0.05, 0) is 31.0 Å². The van der Waals surface area contributed by atoms with E-state index in [0.29, 0.717) is 5.69 Å². The highest BCUT2D eigenvalue weighted by atomic mass is 19.1. The van der Waals surface area contributed by atoms with Crippen LogP contribution >= 0.6 is 0 Å². The zero-order chi connectivity index (χ0) is 12.8. The summed E-state index contributed by atoms with van der Waals surface area (Å²) in [5.74, 6) is -0.182. The average molecular weight is 238 g/mol. The zero-order valence-electron chi connectivity index (χ0n) is 11.0. The summed E-state index contributed by atoms with van der Waals surface area (Å²) >= 11 is 0. The van der Waals surface area contributed by atoms with E-state index in [-0.39, 0.29) is 11.9 Å². The Bertz CT molecular complexity index is 350. The fraction of sp³-hybridized carbons (Fsp3) is 0.571. The lowest BCUT2D eigenvalue weighted by Crippen LogP contribution is -2.20. The first-order valence-electron chi connectivity index (χ1n) is 6.32. The van der Waals surface area contributed by atoms with Gasteiger partial charge >= 0.3 is 0 Å². The molecule has 0 radical (unpaired) electrons. The summed E-state index contributed by atoms with van der Waals surface area (Å²) in [6.45, 7) is 4.92. The Hall–Kier alpha value is -1.09. The second kappa shape index (κ2) is 6.60. The predicted octanol–water partition coefficient (Wildman–Crippen LogP) is 3.47. The first kappa shape index (κ1) is 14.0. The van der Waals surface area contributed by atoms with Crippen LogP contribution in [0.2, 0.25) is 0 Å². The van der Waals surface area contributed by atoms with Crippen LogP contribution in [0.5, 0.6) is 0 Å². The molecule has 3 heteroatoms. The van der Waals surface area contributed by atoms with Crippen molar-refractivity contribution in [3.63, 3.8) is 0 Å². The van der Waals surface area contributed by atoms with Gasteiger partial charge in [-0.3, -0.25) is 0 Å². The van der Waals surface area contributed by atoms with E-state index < -0.39 is 0 Å². The van der Waals surface area contributed by atoms with Gasteiger partial charge in [0.2, 0.25) is 0 Å². The van der Waals surface area contributed by atoms with Gasteiger partial charge in [0.25, 0.3) is 0 Å². The van der Waals surface area contributed by atoms with Gasteiger partial charge in [0.1, 0.15) is 5.82 Å². The van der Waals surface area contributed by atoms with Crippen molar-refractivity contribution in [3.05, 3.63) is 29.6 Å². The van der Waals surface area contributed by atoms with Gasteiger partial charge in [-0.1, -0.05) is 25.8 Å². The van der Waals surface area contributed by atoms with E-state index in [0.717, 1.165) is 18.5 Å². The molecule has 0 aliphatic carbocycles. The van der Waals surface area contributed by atoms with Crippen LogP contribution in [0.15, 0.2) is 18.2 Å². The fourth-order valence-corrected chi connectivity index (χ4v) is 1.84. The van der Waals surface area contributed by atoms with E-state index in [1.807, 2.05) is 31.0 Å². The molecule has 1 aromatic rings. The number of unbranched alkanes of at least 4 members (excludes halogenated alkanes) is 2. The smallest absolute Gasteiger partial charge is 0.146 e. The molecule has 0 spiro atoms. The minimum absolute atomic E-state index is 0.121. The van der Waals surface area contributed by atoms with Crippen molar-refractivity contribution in [1.29, 1.82) is 0 Å². The molecule has 2 nitrogen and oxygen atoms in total. The number of benzene rings is 1. The molecule has 1 rings (SSSR count). The van der Waals surface area contributed by atoms with Crippen LogP contribution in [0.1, 0.15) is 44.7 Å². The molecule has 2 N–H and O–H groups in total. The Morgan fingerprint density at radius 3 is 2.59 bits per heavy atom. The molecule has 0 fully saturated rings. The van der Waals surface area contributed by atoms with Gasteiger partial charge in [-0.2, -0.15) is 0 Å². The summed E-state index contributed by atoms with van der Waals surface area (Å²) < 4.78 is 13.9. The fourth-order valence-electron chi connectivity index (χ4n) is 1.84. The molecule has 0 saturated carbocycles. The van der Waals surface area contributed by atoms with E-state index in [1.54, 1.807) is 0 Å². The number of rotatable bonds is 6. The average Bonchev–Trinajstić information content (AvgIpc) is 2.28. The summed E-state index contributed by atoms with van der Waals surface area (Å²) in [6.07, 6.45) is 3.46. The third kappa shape index (κ3) is 4.00. The van der Waals surface area contributed by atoms with Crippen molar-refractivity contribution in [1.82, 2.24) is 0 Å². The van der Waals surface area contributed by atoms with Gasteiger partial charge in [-0.15, -0.1) is 0 Å². The van der Waals surface area contributed by atoms with Crippen molar-refractivity contribution in [3.8, 4) is 0 Å². The van der Waals surface area contributed by atoms with Gasteiger partial charge in [0.05, 0.1) is 5.69 Å². The number of hydrogen-bond donors (Lipinski definition) is 1. The Morgan fingerprint density at radius 2 is 2.06 bits per heavy atom. The maximum absolute atomic E-state index is 13.9. The Labute approximate surface area is 104 Å². The number of nitrogens with zero attached hydrogens (tertiary/aromatic N) is 1. The minimum atomic E-state index is -0.182. The third-order valence-corrected chi connectivity index (χ3v) is 3.01. The minimum Gasteiger partial charge on any atom is -0.372 e. The first-order valence-corrected chi connectivity index (χ1v) is 6.32. The van der Waals surface area contributed by atoms with Crippen molar-refractivity contribution in [2.24, 2.45) is 5.73 Å². The van der Waals surface area contributed by atoms with Crippen LogP contribution in [0, 0.1) is 5.82 Å². The Kier molecular flexibility index (Phi) is 5.42. The number of halogens is 1. The topological polar surface area (TPSA) is 29.3 Å². The molecule has 0 aliphatic rings. The molecular weight excluding hydrogens is 215 g/mol. The standard InChI is InChI=1S/C14H23FN2/c1-4-5-6-9-17(3)14-8-7-12(11(2)16)10-13(14)15/h7-8,10-11H,4-6,9,16H2,1-3H3. The Balaban J connectivity index is 2.70. The van der Waals surface area contributed by atoms with E-state index in [1.165, 1.54) is 18.9 Å². The number of hydrogen-bond acceptors (Lipinski definition) is 2. The predicted molar refractivity (Wildman–Crippen MR) is 71.8 cm³/mol. The largest absolute Gasteiger partial charge is 0.372 e. The first-order chi connectivity index (χ1) is 8.06. The van der Waals surface area contributed by atoms with Gasteiger partial charge < -0.3 is 10.6 Å². The van der Waals surface area contributed by atoms with Crippen molar-refractivity contribution < 1.29 is 4.39 Å². The third-order valence-electron chi connectivity index (χ3n) is 3.01. The Morgan fingerprint density at radius 1 is 1.35 bits per heavy atom. The van der Waals surface area contributed by atoms with E-state index in [2.05, 4.69) is 6.92 Å². The molecule has 0 aliphatic heterocycles. The quantitative estimate of drug-likeness (QED) is 0.769. The lowest BCUT2D eigenvalue weighted by Gasteiger charge is -2.20.